The number of fused-ring (bicyclic) bond motifs is 4. The summed E-state index contributed by atoms with van der Waals surface area (Å²) in [5.41, 5.74) is 3.89. The van der Waals surface area contributed by atoms with Gasteiger partial charge >= 0.3 is 0 Å². The molecule has 0 aliphatic carbocycles. The standard InChI is InChI=1S/C23H29NO6/c1-12-19-16(10-18(27-3)22(29-5)23(19)30-6)21(28-4)20-15-9-13(26-2)7-8-14(15)17(25)11-24(12)20/h7-10,12,17,20-21,25H,11H2,1-6H3/t12-,17+,20+,21-/m1/s1. The normalized spacial score (nSPS) is 25.0. The molecule has 7 heteroatoms. The van der Waals surface area contributed by atoms with Crippen LogP contribution in [0.15, 0.2) is 24.3 Å². The number of hydrogen-bond acceptors (Lipinski definition) is 7. The average molecular weight is 415 g/mol. The number of ether oxygens (including phenoxy) is 5. The molecule has 2 aromatic carbocycles. The van der Waals surface area contributed by atoms with Gasteiger partial charge in [-0.25, -0.2) is 0 Å². The summed E-state index contributed by atoms with van der Waals surface area (Å²) in [5.74, 6) is 2.53. The van der Waals surface area contributed by atoms with E-state index >= 15 is 0 Å². The van der Waals surface area contributed by atoms with E-state index in [0.717, 1.165) is 28.0 Å². The summed E-state index contributed by atoms with van der Waals surface area (Å²) < 4.78 is 28.5. The van der Waals surface area contributed by atoms with Crippen LogP contribution in [0.3, 0.4) is 0 Å². The van der Waals surface area contributed by atoms with E-state index in [1.807, 2.05) is 24.3 Å². The van der Waals surface area contributed by atoms with Crippen LogP contribution >= 0.6 is 0 Å². The quantitative estimate of drug-likeness (QED) is 0.801. The number of hydrogen-bond donors (Lipinski definition) is 1. The molecule has 2 aromatic rings. The van der Waals surface area contributed by atoms with E-state index in [1.54, 1.807) is 35.5 Å². The van der Waals surface area contributed by atoms with Crippen molar-refractivity contribution in [1.82, 2.24) is 4.90 Å². The van der Waals surface area contributed by atoms with Gasteiger partial charge in [0.15, 0.2) is 11.5 Å². The van der Waals surface area contributed by atoms with E-state index in [2.05, 4.69) is 11.8 Å². The van der Waals surface area contributed by atoms with Gasteiger partial charge in [0.1, 0.15) is 11.9 Å². The van der Waals surface area contributed by atoms with E-state index in [-0.39, 0.29) is 18.2 Å². The second-order valence-electron chi connectivity index (χ2n) is 7.63. The summed E-state index contributed by atoms with van der Waals surface area (Å²) in [6, 6.07) is 7.67. The highest BCUT2D eigenvalue weighted by atomic mass is 16.5. The molecule has 2 heterocycles. The predicted molar refractivity (Wildman–Crippen MR) is 112 cm³/mol. The van der Waals surface area contributed by atoms with E-state index in [0.29, 0.717) is 23.8 Å². The van der Waals surface area contributed by atoms with E-state index in [1.165, 1.54) is 0 Å². The molecule has 4 rings (SSSR count). The monoisotopic (exact) mass is 415 g/mol. The van der Waals surface area contributed by atoms with Crippen molar-refractivity contribution >= 4 is 0 Å². The molecule has 0 spiro atoms. The number of nitrogens with zero attached hydrogens (tertiary/aromatic N) is 1. The van der Waals surface area contributed by atoms with Gasteiger partial charge in [-0.3, -0.25) is 4.90 Å². The van der Waals surface area contributed by atoms with Gasteiger partial charge in [0, 0.05) is 25.3 Å². The Bertz CT molecular complexity index is 946. The molecule has 0 fully saturated rings. The Hall–Kier alpha value is -2.48. The molecule has 162 valence electrons. The van der Waals surface area contributed by atoms with Gasteiger partial charge in [-0.2, -0.15) is 0 Å². The first-order chi connectivity index (χ1) is 14.5. The third-order valence-electron chi connectivity index (χ3n) is 6.38. The lowest BCUT2D eigenvalue weighted by Gasteiger charge is -2.50. The van der Waals surface area contributed by atoms with Crippen LogP contribution in [0.25, 0.3) is 0 Å². The second-order valence-corrected chi connectivity index (χ2v) is 7.63. The van der Waals surface area contributed by atoms with Gasteiger partial charge < -0.3 is 28.8 Å². The van der Waals surface area contributed by atoms with Crippen LogP contribution < -0.4 is 18.9 Å². The Morgan fingerprint density at radius 2 is 1.60 bits per heavy atom. The molecule has 2 aliphatic heterocycles. The number of aliphatic hydroxyl groups excluding tert-OH is 1. The molecule has 0 radical (unpaired) electrons. The molecule has 4 atom stereocenters. The molecule has 0 aromatic heterocycles. The Labute approximate surface area is 177 Å². The molecule has 0 bridgehead atoms. The van der Waals surface area contributed by atoms with Gasteiger partial charge in [-0.1, -0.05) is 6.07 Å². The summed E-state index contributed by atoms with van der Waals surface area (Å²) in [6.45, 7) is 2.60. The van der Waals surface area contributed by atoms with Gasteiger partial charge in [-0.15, -0.1) is 0 Å². The zero-order chi connectivity index (χ0) is 21.6. The Morgan fingerprint density at radius 1 is 0.867 bits per heavy atom. The summed E-state index contributed by atoms with van der Waals surface area (Å²) in [5, 5.41) is 10.9. The first-order valence-electron chi connectivity index (χ1n) is 9.97. The fourth-order valence-electron chi connectivity index (χ4n) is 5.02. The third kappa shape index (κ3) is 2.92. The van der Waals surface area contributed by atoms with E-state index in [4.69, 9.17) is 23.7 Å². The Kier molecular flexibility index (Phi) is 5.53. The van der Waals surface area contributed by atoms with Crippen molar-refractivity contribution < 1.29 is 28.8 Å². The molecule has 0 saturated carbocycles. The molecule has 2 aliphatic rings. The van der Waals surface area contributed by atoms with Crippen molar-refractivity contribution in [1.29, 1.82) is 0 Å². The smallest absolute Gasteiger partial charge is 0.203 e. The predicted octanol–water partition coefficient (Wildman–Crippen LogP) is 3.57. The zero-order valence-electron chi connectivity index (χ0n) is 18.3. The minimum absolute atomic E-state index is 0.0415. The van der Waals surface area contributed by atoms with Crippen molar-refractivity contribution in [3.63, 3.8) is 0 Å². The lowest BCUT2D eigenvalue weighted by Crippen LogP contribution is -2.46. The largest absolute Gasteiger partial charge is 0.497 e. The van der Waals surface area contributed by atoms with Crippen LogP contribution in [0.4, 0.5) is 0 Å². The highest BCUT2D eigenvalue weighted by Crippen LogP contribution is 2.57. The van der Waals surface area contributed by atoms with Crippen LogP contribution in [0.1, 0.15) is 53.5 Å². The van der Waals surface area contributed by atoms with Crippen LogP contribution in [0.5, 0.6) is 23.0 Å². The van der Waals surface area contributed by atoms with Crippen LogP contribution in [-0.2, 0) is 4.74 Å². The molecule has 30 heavy (non-hydrogen) atoms. The molecule has 0 unspecified atom stereocenters. The topological polar surface area (TPSA) is 69.6 Å². The van der Waals surface area contributed by atoms with E-state index < -0.39 is 6.10 Å². The average Bonchev–Trinajstić information content (AvgIpc) is 2.78. The zero-order valence-corrected chi connectivity index (χ0v) is 18.3. The van der Waals surface area contributed by atoms with E-state index in [9.17, 15) is 5.11 Å². The minimum atomic E-state index is -0.602. The summed E-state index contributed by atoms with van der Waals surface area (Å²) in [6.07, 6.45) is -0.891. The SMILES string of the molecule is COc1ccc2c(c1)[C@H]1[C@H](OC)c3cc(OC)c(OC)c(OC)c3[C@@H](C)N1C[C@@H]2O. The number of benzene rings is 2. The lowest BCUT2D eigenvalue weighted by molar-refractivity contribution is -0.0518. The summed E-state index contributed by atoms with van der Waals surface area (Å²) in [4.78, 5) is 2.26. The van der Waals surface area contributed by atoms with Gasteiger partial charge in [0.25, 0.3) is 0 Å². The fraction of sp³-hybridized carbons (Fsp3) is 0.478. The third-order valence-corrected chi connectivity index (χ3v) is 6.38. The maximum absolute atomic E-state index is 10.9. The van der Waals surface area contributed by atoms with Crippen molar-refractivity contribution in [2.75, 3.05) is 42.1 Å². The first-order valence-corrected chi connectivity index (χ1v) is 9.97. The van der Waals surface area contributed by atoms with Gasteiger partial charge in [-0.05, 0) is 41.8 Å². The molecule has 0 saturated heterocycles. The Morgan fingerprint density at radius 3 is 2.20 bits per heavy atom. The van der Waals surface area contributed by atoms with Crippen molar-refractivity contribution in [3.05, 3.63) is 46.5 Å². The number of aliphatic hydroxyl groups is 1. The maximum Gasteiger partial charge on any atom is 0.203 e. The van der Waals surface area contributed by atoms with Crippen LogP contribution in [-0.4, -0.2) is 52.1 Å². The Balaban J connectivity index is 1.98. The summed E-state index contributed by atoms with van der Waals surface area (Å²) in [7, 11) is 8.19. The highest BCUT2D eigenvalue weighted by molar-refractivity contribution is 5.62. The number of methoxy groups -OCH3 is 5. The van der Waals surface area contributed by atoms with Gasteiger partial charge in [0.2, 0.25) is 5.75 Å². The highest BCUT2D eigenvalue weighted by Gasteiger charge is 2.47. The molecular formula is C23H29NO6. The first kappa shape index (κ1) is 20.8. The molecule has 7 nitrogen and oxygen atoms in total. The van der Waals surface area contributed by atoms with Crippen molar-refractivity contribution in [2.45, 2.75) is 31.2 Å². The lowest BCUT2D eigenvalue weighted by atomic mass is 9.78. The molecule has 1 N–H and O–H groups in total. The fourth-order valence-corrected chi connectivity index (χ4v) is 5.02. The molecular weight excluding hydrogens is 386 g/mol. The second kappa shape index (κ2) is 7.98. The van der Waals surface area contributed by atoms with Gasteiger partial charge in [0.05, 0.1) is 40.6 Å². The van der Waals surface area contributed by atoms with Crippen molar-refractivity contribution in [2.24, 2.45) is 0 Å². The minimum Gasteiger partial charge on any atom is -0.497 e. The van der Waals surface area contributed by atoms with Crippen LogP contribution in [0.2, 0.25) is 0 Å². The van der Waals surface area contributed by atoms with Crippen molar-refractivity contribution in [3.8, 4) is 23.0 Å². The van der Waals surface area contributed by atoms with Crippen LogP contribution in [0, 0.1) is 0 Å². The number of rotatable bonds is 5. The summed E-state index contributed by atoms with van der Waals surface area (Å²) >= 11 is 0. The maximum atomic E-state index is 10.9. The molecule has 0 amide bonds.